The van der Waals surface area contributed by atoms with E-state index in [1.54, 1.807) is 16.4 Å². The van der Waals surface area contributed by atoms with Crippen LogP contribution < -0.4 is 5.32 Å². The molecule has 1 aliphatic carbocycles. The molecule has 32 heavy (non-hydrogen) atoms. The van der Waals surface area contributed by atoms with Crippen LogP contribution in [0.1, 0.15) is 60.5 Å². The Kier molecular flexibility index (Phi) is 6.65. The maximum absolute atomic E-state index is 13.2. The van der Waals surface area contributed by atoms with E-state index in [0.29, 0.717) is 17.2 Å². The fourth-order valence-corrected chi connectivity index (χ4v) is 7.11. The summed E-state index contributed by atoms with van der Waals surface area (Å²) >= 11 is 1.44. The Morgan fingerprint density at radius 2 is 1.81 bits per heavy atom. The van der Waals surface area contributed by atoms with Crippen molar-refractivity contribution in [1.82, 2.24) is 9.29 Å². The standard InChI is InChI=1S/C24H29N3O3S2/c1-4-27(19-8-6-5-7-9-19)32(29,30)20-12-10-18(11-13-20)23(28)26-24-25-21-15-16(2)14-17(3)22(21)31-24/h10-15,19H,4-9H2,1-3H3,(H,25,26,28). The lowest BCUT2D eigenvalue weighted by atomic mass is 9.95. The minimum atomic E-state index is -3.59. The largest absolute Gasteiger partial charge is 0.298 e. The summed E-state index contributed by atoms with van der Waals surface area (Å²) < 4.78 is 29.1. The van der Waals surface area contributed by atoms with Crippen molar-refractivity contribution in [3.63, 3.8) is 0 Å². The van der Waals surface area contributed by atoms with Gasteiger partial charge in [-0.2, -0.15) is 4.31 Å². The van der Waals surface area contributed by atoms with Crippen LogP contribution in [-0.2, 0) is 10.0 Å². The van der Waals surface area contributed by atoms with Gasteiger partial charge in [0.05, 0.1) is 15.1 Å². The van der Waals surface area contributed by atoms with E-state index in [9.17, 15) is 13.2 Å². The number of aromatic nitrogens is 1. The van der Waals surface area contributed by atoms with E-state index in [0.717, 1.165) is 47.0 Å². The van der Waals surface area contributed by atoms with Crippen molar-refractivity contribution in [1.29, 1.82) is 0 Å². The molecule has 0 atom stereocenters. The molecular weight excluding hydrogens is 442 g/mol. The van der Waals surface area contributed by atoms with Gasteiger partial charge in [-0.15, -0.1) is 0 Å². The van der Waals surface area contributed by atoms with Crippen LogP contribution >= 0.6 is 11.3 Å². The molecule has 1 N–H and O–H groups in total. The molecule has 1 aromatic heterocycles. The first kappa shape index (κ1) is 22.9. The summed E-state index contributed by atoms with van der Waals surface area (Å²) in [5.41, 5.74) is 3.53. The first-order chi connectivity index (χ1) is 15.3. The number of hydrogen-bond acceptors (Lipinski definition) is 5. The Bertz CT molecular complexity index is 1230. The molecule has 4 rings (SSSR count). The second-order valence-electron chi connectivity index (χ2n) is 8.43. The average Bonchev–Trinajstić information content (AvgIpc) is 3.17. The van der Waals surface area contributed by atoms with E-state index < -0.39 is 10.0 Å². The number of carbonyl (C=O) groups excluding carboxylic acids is 1. The minimum Gasteiger partial charge on any atom is -0.298 e. The third-order valence-corrected chi connectivity index (χ3v) is 9.22. The van der Waals surface area contributed by atoms with Gasteiger partial charge >= 0.3 is 0 Å². The van der Waals surface area contributed by atoms with Gasteiger partial charge < -0.3 is 0 Å². The number of hydrogen-bond donors (Lipinski definition) is 1. The van der Waals surface area contributed by atoms with Gasteiger partial charge in [0.1, 0.15) is 0 Å². The fourth-order valence-electron chi connectivity index (χ4n) is 4.51. The predicted octanol–water partition coefficient (Wildman–Crippen LogP) is 5.51. The zero-order valence-electron chi connectivity index (χ0n) is 18.7. The van der Waals surface area contributed by atoms with E-state index >= 15 is 0 Å². The highest BCUT2D eigenvalue weighted by molar-refractivity contribution is 7.89. The zero-order chi connectivity index (χ0) is 22.9. The highest BCUT2D eigenvalue weighted by Crippen LogP contribution is 2.31. The van der Waals surface area contributed by atoms with Crippen LogP contribution in [0, 0.1) is 13.8 Å². The number of benzene rings is 2. The zero-order valence-corrected chi connectivity index (χ0v) is 20.4. The second-order valence-corrected chi connectivity index (χ2v) is 11.3. The molecule has 6 nitrogen and oxygen atoms in total. The molecule has 0 saturated heterocycles. The summed E-state index contributed by atoms with van der Waals surface area (Å²) in [5.74, 6) is -0.304. The SMILES string of the molecule is CCN(C1CCCCC1)S(=O)(=O)c1ccc(C(=O)Nc2nc3cc(C)cc(C)c3s2)cc1. The first-order valence-corrected chi connectivity index (χ1v) is 13.4. The smallest absolute Gasteiger partial charge is 0.257 e. The maximum Gasteiger partial charge on any atom is 0.257 e. The van der Waals surface area contributed by atoms with Crippen molar-refractivity contribution in [3.05, 3.63) is 53.1 Å². The summed E-state index contributed by atoms with van der Waals surface area (Å²) in [6.07, 6.45) is 5.14. The van der Waals surface area contributed by atoms with Gasteiger partial charge in [0.15, 0.2) is 5.13 Å². The molecule has 0 spiro atoms. The van der Waals surface area contributed by atoms with Crippen molar-refractivity contribution in [2.24, 2.45) is 0 Å². The molecule has 0 bridgehead atoms. The molecule has 1 fully saturated rings. The van der Waals surface area contributed by atoms with Crippen LogP contribution in [0.15, 0.2) is 41.3 Å². The van der Waals surface area contributed by atoms with Crippen molar-refractivity contribution < 1.29 is 13.2 Å². The molecule has 2 aromatic carbocycles. The molecule has 0 radical (unpaired) electrons. The quantitative estimate of drug-likeness (QED) is 0.514. The molecule has 1 heterocycles. The van der Waals surface area contributed by atoms with E-state index in [1.165, 1.54) is 29.9 Å². The number of carbonyl (C=O) groups is 1. The number of aryl methyl sites for hydroxylation is 2. The van der Waals surface area contributed by atoms with Crippen LogP contribution in [0.4, 0.5) is 5.13 Å². The van der Waals surface area contributed by atoms with Gasteiger partial charge in [0.25, 0.3) is 5.91 Å². The minimum absolute atomic E-state index is 0.0628. The van der Waals surface area contributed by atoms with E-state index in [2.05, 4.69) is 16.4 Å². The Morgan fingerprint density at radius 3 is 2.47 bits per heavy atom. The molecule has 3 aromatic rings. The Hall–Kier alpha value is -2.29. The van der Waals surface area contributed by atoms with E-state index in [1.807, 2.05) is 26.8 Å². The number of rotatable bonds is 6. The topological polar surface area (TPSA) is 79.4 Å². The van der Waals surface area contributed by atoms with Crippen LogP contribution in [0.2, 0.25) is 0 Å². The lowest BCUT2D eigenvalue weighted by molar-refractivity contribution is 0.102. The summed E-state index contributed by atoms with van der Waals surface area (Å²) in [6.45, 7) is 6.39. The number of nitrogens with one attached hydrogen (secondary N) is 1. The second kappa shape index (κ2) is 9.29. The van der Waals surface area contributed by atoms with Gasteiger partial charge in [0.2, 0.25) is 10.0 Å². The van der Waals surface area contributed by atoms with Crippen molar-refractivity contribution in [3.8, 4) is 0 Å². The summed E-state index contributed by atoms with van der Waals surface area (Å²) in [7, 11) is -3.59. The van der Waals surface area contributed by atoms with Gasteiger partial charge in [-0.25, -0.2) is 13.4 Å². The van der Waals surface area contributed by atoms with E-state index in [4.69, 9.17) is 0 Å². The summed E-state index contributed by atoms with van der Waals surface area (Å²) in [6, 6.07) is 10.4. The highest BCUT2D eigenvalue weighted by Gasteiger charge is 2.31. The molecule has 0 unspecified atom stereocenters. The van der Waals surface area contributed by atoms with Crippen LogP contribution in [0.5, 0.6) is 0 Å². The molecule has 0 aliphatic heterocycles. The number of amides is 1. The van der Waals surface area contributed by atoms with Crippen molar-refractivity contribution in [2.45, 2.75) is 63.8 Å². The maximum atomic E-state index is 13.2. The average molecular weight is 472 g/mol. The van der Waals surface area contributed by atoms with Gasteiger partial charge in [0, 0.05) is 18.2 Å². The molecule has 8 heteroatoms. The number of nitrogens with zero attached hydrogens (tertiary/aromatic N) is 2. The normalized spacial score (nSPS) is 15.4. The third-order valence-electron chi connectivity index (χ3n) is 6.06. The van der Waals surface area contributed by atoms with Gasteiger partial charge in [-0.1, -0.05) is 43.6 Å². The first-order valence-electron chi connectivity index (χ1n) is 11.1. The molecule has 1 aliphatic rings. The fraction of sp³-hybridized carbons (Fsp3) is 0.417. The van der Waals surface area contributed by atoms with Crippen LogP contribution in [-0.4, -0.2) is 36.2 Å². The lowest BCUT2D eigenvalue weighted by Crippen LogP contribution is -2.41. The van der Waals surface area contributed by atoms with Crippen LogP contribution in [0.25, 0.3) is 10.2 Å². The molecule has 1 saturated carbocycles. The van der Waals surface area contributed by atoms with Crippen LogP contribution in [0.3, 0.4) is 0 Å². The van der Waals surface area contributed by atoms with Gasteiger partial charge in [-0.3, -0.25) is 10.1 Å². The monoisotopic (exact) mass is 471 g/mol. The highest BCUT2D eigenvalue weighted by atomic mass is 32.2. The Labute approximate surface area is 193 Å². The third kappa shape index (κ3) is 4.58. The molecule has 170 valence electrons. The number of fused-ring (bicyclic) bond motifs is 1. The number of thiazole rings is 1. The number of anilines is 1. The lowest BCUT2D eigenvalue weighted by Gasteiger charge is -2.32. The Balaban J connectivity index is 1.51. The Morgan fingerprint density at radius 1 is 1.12 bits per heavy atom. The molecular formula is C24H29N3O3S2. The number of sulfonamides is 1. The van der Waals surface area contributed by atoms with Crippen molar-refractivity contribution >= 4 is 42.6 Å². The van der Waals surface area contributed by atoms with Crippen molar-refractivity contribution in [2.75, 3.05) is 11.9 Å². The predicted molar refractivity (Wildman–Crippen MR) is 130 cm³/mol. The van der Waals surface area contributed by atoms with E-state index in [-0.39, 0.29) is 16.8 Å². The van der Waals surface area contributed by atoms with Gasteiger partial charge in [-0.05, 0) is 68.1 Å². The molecule has 1 amide bonds. The summed E-state index contributed by atoms with van der Waals surface area (Å²) in [4.78, 5) is 17.5. The summed E-state index contributed by atoms with van der Waals surface area (Å²) in [5, 5.41) is 3.38.